The third-order valence-corrected chi connectivity index (χ3v) is 6.85. The van der Waals surface area contributed by atoms with Crippen LogP contribution in [0, 0.1) is 11.6 Å². The van der Waals surface area contributed by atoms with Crippen molar-refractivity contribution in [2.45, 2.75) is 17.9 Å². The first-order chi connectivity index (χ1) is 14.3. The molecule has 0 bridgehead atoms. The maximum absolute atomic E-state index is 13.8. The summed E-state index contributed by atoms with van der Waals surface area (Å²) in [6.07, 6.45) is 0.606. The SMILES string of the molecule is O=C(Nc1cc(F)ccc1F)c1cccc(S(=O)(=O)N2CCc3ccccc3C2)c1. The number of benzene rings is 3. The maximum atomic E-state index is 13.8. The molecule has 3 aromatic carbocycles. The molecule has 5 nitrogen and oxygen atoms in total. The highest BCUT2D eigenvalue weighted by molar-refractivity contribution is 7.89. The van der Waals surface area contributed by atoms with Gasteiger partial charge in [0.2, 0.25) is 10.0 Å². The summed E-state index contributed by atoms with van der Waals surface area (Å²) in [5, 5.41) is 2.28. The lowest BCUT2D eigenvalue weighted by Crippen LogP contribution is -2.36. The quantitative estimate of drug-likeness (QED) is 0.684. The van der Waals surface area contributed by atoms with Gasteiger partial charge in [-0.05, 0) is 47.9 Å². The van der Waals surface area contributed by atoms with Crippen LogP contribution in [0.4, 0.5) is 14.5 Å². The van der Waals surface area contributed by atoms with E-state index in [1.54, 1.807) is 0 Å². The number of amides is 1. The zero-order valence-electron chi connectivity index (χ0n) is 15.8. The number of anilines is 1. The first kappa shape index (κ1) is 20.2. The van der Waals surface area contributed by atoms with Gasteiger partial charge in [-0.2, -0.15) is 4.31 Å². The molecule has 1 amide bonds. The second-order valence-corrected chi connectivity index (χ2v) is 8.90. The normalized spacial score (nSPS) is 14.2. The highest BCUT2D eigenvalue weighted by Gasteiger charge is 2.28. The van der Waals surface area contributed by atoms with Crippen molar-refractivity contribution >= 4 is 21.6 Å². The zero-order chi connectivity index (χ0) is 21.3. The number of fused-ring (bicyclic) bond motifs is 1. The average molecular weight is 428 g/mol. The number of hydrogen-bond donors (Lipinski definition) is 1. The minimum absolute atomic E-state index is 0.0251. The Labute approximate surface area is 173 Å². The van der Waals surface area contributed by atoms with Gasteiger partial charge >= 0.3 is 0 Å². The van der Waals surface area contributed by atoms with Gasteiger partial charge in [-0.15, -0.1) is 0 Å². The van der Waals surface area contributed by atoms with E-state index in [-0.39, 0.29) is 22.7 Å². The Morgan fingerprint density at radius 1 is 0.933 bits per heavy atom. The van der Waals surface area contributed by atoms with E-state index in [0.717, 1.165) is 29.3 Å². The second kappa shape index (κ2) is 7.97. The van der Waals surface area contributed by atoms with Crippen LogP contribution in [0.2, 0.25) is 0 Å². The van der Waals surface area contributed by atoms with Gasteiger partial charge in [-0.3, -0.25) is 4.79 Å². The number of carbonyl (C=O) groups is 1. The summed E-state index contributed by atoms with van der Waals surface area (Å²) in [4.78, 5) is 12.5. The van der Waals surface area contributed by atoms with Crippen molar-refractivity contribution in [2.75, 3.05) is 11.9 Å². The number of nitrogens with zero attached hydrogens (tertiary/aromatic N) is 1. The molecule has 30 heavy (non-hydrogen) atoms. The predicted molar refractivity (Wildman–Crippen MR) is 108 cm³/mol. The van der Waals surface area contributed by atoms with Crippen LogP contribution in [0.25, 0.3) is 0 Å². The second-order valence-electron chi connectivity index (χ2n) is 6.96. The third-order valence-electron chi connectivity index (χ3n) is 5.01. The van der Waals surface area contributed by atoms with Crippen LogP contribution < -0.4 is 5.32 Å². The molecule has 0 aromatic heterocycles. The molecule has 0 aliphatic carbocycles. The van der Waals surface area contributed by atoms with Crippen LogP contribution in [0.5, 0.6) is 0 Å². The molecule has 4 rings (SSSR count). The standard InChI is InChI=1S/C22H18F2N2O3S/c23-18-8-9-20(24)21(13-18)25-22(27)16-6-3-7-19(12-16)30(28,29)26-11-10-15-4-1-2-5-17(15)14-26/h1-9,12-13H,10-11,14H2,(H,25,27). The lowest BCUT2D eigenvalue weighted by molar-refractivity contribution is 0.102. The Morgan fingerprint density at radius 2 is 1.70 bits per heavy atom. The van der Waals surface area contributed by atoms with Crippen molar-refractivity contribution in [1.29, 1.82) is 0 Å². The van der Waals surface area contributed by atoms with Crippen LogP contribution in [-0.4, -0.2) is 25.2 Å². The van der Waals surface area contributed by atoms with E-state index in [2.05, 4.69) is 5.32 Å². The number of carbonyl (C=O) groups excluding carboxylic acids is 1. The van der Waals surface area contributed by atoms with Crippen LogP contribution in [-0.2, 0) is 23.0 Å². The molecule has 154 valence electrons. The van der Waals surface area contributed by atoms with Gasteiger partial charge < -0.3 is 5.32 Å². The summed E-state index contributed by atoms with van der Waals surface area (Å²) >= 11 is 0. The Balaban J connectivity index is 1.58. The van der Waals surface area contributed by atoms with E-state index in [9.17, 15) is 22.0 Å². The molecule has 1 aliphatic rings. The predicted octanol–water partition coefficient (Wildman–Crippen LogP) is 3.96. The fourth-order valence-electron chi connectivity index (χ4n) is 3.41. The summed E-state index contributed by atoms with van der Waals surface area (Å²) in [5.41, 5.74) is 1.77. The van der Waals surface area contributed by atoms with Crippen molar-refractivity contribution in [1.82, 2.24) is 4.31 Å². The van der Waals surface area contributed by atoms with Gasteiger partial charge in [0.25, 0.3) is 5.91 Å². The molecule has 0 radical (unpaired) electrons. The molecule has 0 atom stereocenters. The molecule has 0 spiro atoms. The Morgan fingerprint density at radius 3 is 2.50 bits per heavy atom. The highest BCUT2D eigenvalue weighted by Crippen LogP contribution is 2.25. The minimum Gasteiger partial charge on any atom is -0.319 e. The molecule has 1 N–H and O–H groups in total. The topological polar surface area (TPSA) is 66.5 Å². The van der Waals surface area contributed by atoms with Crippen LogP contribution >= 0.6 is 0 Å². The number of hydrogen-bond acceptors (Lipinski definition) is 3. The maximum Gasteiger partial charge on any atom is 0.255 e. The largest absolute Gasteiger partial charge is 0.319 e. The first-order valence-electron chi connectivity index (χ1n) is 9.28. The summed E-state index contributed by atoms with van der Waals surface area (Å²) in [5.74, 6) is -2.23. The molecule has 0 saturated carbocycles. The van der Waals surface area contributed by atoms with Crippen molar-refractivity contribution in [2.24, 2.45) is 0 Å². The van der Waals surface area contributed by atoms with Gasteiger partial charge in [-0.1, -0.05) is 30.3 Å². The van der Waals surface area contributed by atoms with Gasteiger partial charge in [0.15, 0.2) is 0 Å². The average Bonchev–Trinajstić information content (AvgIpc) is 2.76. The van der Waals surface area contributed by atoms with E-state index in [0.29, 0.717) is 13.0 Å². The summed E-state index contributed by atoms with van der Waals surface area (Å²) in [7, 11) is -3.83. The molecule has 1 aliphatic heterocycles. The van der Waals surface area contributed by atoms with Crippen molar-refractivity contribution < 1.29 is 22.0 Å². The fraction of sp³-hybridized carbons (Fsp3) is 0.136. The molecule has 0 saturated heterocycles. The number of rotatable bonds is 4. The van der Waals surface area contributed by atoms with Gasteiger partial charge in [0.1, 0.15) is 11.6 Å². The van der Waals surface area contributed by atoms with Gasteiger partial charge in [-0.25, -0.2) is 17.2 Å². The fourth-order valence-corrected chi connectivity index (χ4v) is 4.87. The lowest BCUT2D eigenvalue weighted by Gasteiger charge is -2.28. The lowest BCUT2D eigenvalue weighted by atomic mass is 10.0. The Hall–Kier alpha value is -3.10. The molecule has 0 unspecified atom stereocenters. The Bertz CT molecular complexity index is 1230. The van der Waals surface area contributed by atoms with E-state index in [1.807, 2.05) is 24.3 Å². The van der Waals surface area contributed by atoms with Crippen molar-refractivity contribution in [3.8, 4) is 0 Å². The first-order valence-corrected chi connectivity index (χ1v) is 10.7. The van der Waals surface area contributed by atoms with E-state index >= 15 is 0 Å². The monoisotopic (exact) mass is 428 g/mol. The molecule has 0 fully saturated rings. The van der Waals surface area contributed by atoms with Crippen molar-refractivity contribution in [3.63, 3.8) is 0 Å². The van der Waals surface area contributed by atoms with Crippen LogP contribution in [0.1, 0.15) is 21.5 Å². The molecular formula is C22H18F2N2O3S. The van der Waals surface area contributed by atoms with E-state index in [4.69, 9.17) is 0 Å². The van der Waals surface area contributed by atoms with Gasteiger partial charge in [0, 0.05) is 24.7 Å². The third kappa shape index (κ3) is 3.96. The van der Waals surface area contributed by atoms with Crippen molar-refractivity contribution in [3.05, 3.63) is 95.1 Å². The molecule has 8 heteroatoms. The van der Waals surface area contributed by atoms with Gasteiger partial charge in [0.05, 0.1) is 10.6 Å². The zero-order valence-corrected chi connectivity index (χ0v) is 16.6. The smallest absolute Gasteiger partial charge is 0.255 e. The summed E-state index contributed by atoms with van der Waals surface area (Å²) < 4.78 is 54.7. The summed E-state index contributed by atoms with van der Waals surface area (Å²) in [6, 6.07) is 15.9. The molecule has 1 heterocycles. The molecule has 3 aromatic rings. The molecular weight excluding hydrogens is 410 g/mol. The van der Waals surface area contributed by atoms with E-state index in [1.165, 1.54) is 28.6 Å². The van der Waals surface area contributed by atoms with Crippen LogP contribution in [0.15, 0.2) is 71.6 Å². The number of halogens is 2. The Kier molecular flexibility index (Phi) is 5.36. The van der Waals surface area contributed by atoms with E-state index < -0.39 is 27.6 Å². The highest BCUT2D eigenvalue weighted by atomic mass is 32.2. The number of nitrogens with one attached hydrogen (secondary N) is 1. The minimum atomic E-state index is -3.83. The summed E-state index contributed by atoms with van der Waals surface area (Å²) in [6.45, 7) is 0.591. The van der Waals surface area contributed by atoms with Crippen LogP contribution in [0.3, 0.4) is 0 Å². The number of sulfonamides is 1.